The molecule has 0 fully saturated rings. The lowest BCUT2D eigenvalue weighted by Crippen LogP contribution is -1.88. The van der Waals surface area contributed by atoms with Gasteiger partial charge in [-0.3, -0.25) is 0 Å². The van der Waals surface area contributed by atoms with E-state index in [-0.39, 0.29) is 0 Å². The molecule has 0 saturated heterocycles. The predicted molar refractivity (Wildman–Crippen MR) is 91.7 cm³/mol. The molecular formula is C16H24BrNS. The van der Waals surface area contributed by atoms with Crippen molar-refractivity contribution in [2.24, 2.45) is 0 Å². The third kappa shape index (κ3) is 7.07. The Bertz CT molecular complexity index is 390. The first-order chi connectivity index (χ1) is 9.27. The van der Waals surface area contributed by atoms with Crippen molar-refractivity contribution in [2.75, 3.05) is 5.73 Å². The molecule has 0 aliphatic carbocycles. The van der Waals surface area contributed by atoms with E-state index in [0.717, 1.165) is 17.0 Å². The number of nitrogens with two attached hydrogens (primary N) is 1. The monoisotopic (exact) mass is 341 g/mol. The molecule has 0 spiro atoms. The maximum atomic E-state index is 5.97. The Morgan fingerprint density at radius 3 is 2.53 bits per heavy atom. The molecule has 0 atom stereocenters. The minimum atomic E-state index is 0.863. The van der Waals surface area contributed by atoms with Crippen LogP contribution in [-0.2, 0) is 0 Å². The SMILES string of the molecule is CCCCCCCC/C(=C/Br)Sc1ccccc1N. The molecule has 1 rings (SSSR count). The molecule has 19 heavy (non-hydrogen) atoms. The Labute approximate surface area is 130 Å². The molecule has 0 bridgehead atoms. The highest BCUT2D eigenvalue weighted by Crippen LogP contribution is 2.34. The molecule has 0 aliphatic rings. The quantitative estimate of drug-likeness (QED) is 0.321. The molecule has 0 unspecified atom stereocenters. The third-order valence-corrected chi connectivity index (χ3v) is 5.09. The minimum absolute atomic E-state index is 0.863. The standard InChI is InChI=1S/C16H24BrNS/c1-2-3-4-5-6-7-10-14(13-17)19-16-12-9-8-11-15(16)18/h8-9,11-13H,2-7,10,18H2,1H3/b14-13-. The van der Waals surface area contributed by atoms with E-state index in [0.29, 0.717) is 0 Å². The number of rotatable bonds is 9. The highest BCUT2D eigenvalue weighted by atomic mass is 79.9. The van der Waals surface area contributed by atoms with Gasteiger partial charge in [-0.1, -0.05) is 78.9 Å². The normalized spacial score (nSPS) is 11.8. The zero-order chi connectivity index (χ0) is 13.9. The lowest BCUT2D eigenvalue weighted by Gasteiger charge is -2.08. The van der Waals surface area contributed by atoms with E-state index in [1.165, 1.54) is 43.4 Å². The van der Waals surface area contributed by atoms with Crippen molar-refractivity contribution in [2.45, 2.75) is 56.8 Å². The van der Waals surface area contributed by atoms with Crippen LogP contribution in [0.25, 0.3) is 0 Å². The molecule has 1 nitrogen and oxygen atoms in total. The Balaban J connectivity index is 2.29. The minimum Gasteiger partial charge on any atom is -0.398 e. The molecule has 0 radical (unpaired) electrons. The summed E-state index contributed by atoms with van der Waals surface area (Å²) in [5.41, 5.74) is 6.83. The van der Waals surface area contributed by atoms with Crippen molar-refractivity contribution in [3.63, 3.8) is 0 Å². The molecule has 2 N–H and O–H groups in total. The fourth-order valence-electron chi connectivity index (χ4n) is 1.92. The summed E-state index contributed by atoms with van der Waals surface area (Å²) in [4.78, 5) is 4.54. The summed E-state index contributed by atoms with van der Waals surface area (Å²) in [5.74, 6) is 0. The van der Waals surface area contributed by atoms with Gasteiger partial charge in [-0.2, -0.15) is 0 Å². The predicted octanol–water partition coefficient (Wildman–Crippen LogP) is 6.35. The van der Waals surface area contributed by atoms with Crippen LogP contribution in [0.2, 0.25) is 0 Å². The molecule has 3 heteroatoms. The number of hydrogen-bond donors (Lipinski definition) is 1. The van der Waals surface area contributed by atoms with Gasteiger partial charge in [0, 0.05) is 10.6 Å². The number of nitrogen functional groups attached to an aromatic ring is 1. The maximum absolute atomic E-state index is 5.97. The number of para-hydroxylation sites is 1. The second kappa shape index (κ2) is 10.4. The zero-order valence-electron chi connectivity index (χ0n) is 11.7. The zero-order valence-corrected chi connectivity index (χ0v) is 14.1. The molecule has 0 aliphatic heterocycles. The average molecular weight is 342 g/mol. The summed E-state index contributed by atoms with van der Waals surface area (Å²) < 4.78 is 0. The van der Waals surface area contributed by atoms with Gasteiger partial charge in [-0.05, 0) is 34.9 Å². The van der Waals surface area contributed by atoms with Crippen LogP contribution in [0.5, 0.6) is 0 Å². The van der Waals surface area contributed by atoms with Crippen LogP contribution in [0.15, 0.2) is 39.1 Å². The van der Waals surface area contributed by atoms with Crippen molar-refractivity contribution < 1.29 is 0 Å². The number of benzene rings is 1. The summed E-state index contributed by atoms with van der Waals surface area (Å²) in [6, 6.07) is 8.05. The van der Waals surface area contributed by atoms with Gasteiger partial charge in [0.05, 0.1) is 0 Å². The number of hydrogen-bond acceptors (Lipinski definition) is 2. The molecule has 1 aromatic carbocycles. The van der Waals surface area contributed by atoms with Gasteiger partial charge in [0.2, 0.25) is 0 Å². The number of unbranched alkanes of at least 4 members (excludes halogenated alkanes) is 5. The fraction of sp³-hybridized carbons (Fsp3) is 0.500. The van der Waals surface area contributed by atoms with Crippen LogP contribution < -0.4 is 5.73 Å². The van der Waals surface area contributed by atoms with Crippen LogP contribution in [0.3, 0.4) is 0 Å². The van der Waals surface area contributed by atoms with E-state index < -0.39 is 0 Å². The van der Waals surface area contributed by atoms with E-state index in [4.69, 9.17) is 5.73 Å². The van der Waals surface area contributed by atoms with Crippen molar-refractivity contribution in [3.05, 3.63) is 34.2 Å². The molecule has 1 aromatic rings. The summed E-state index contributed by atoms with van der Waals surface area (Å²) >= 11 is 5.24. The van der Waals surface area contributed by atoms with Crippen LogP contribution >= 0.6 is 27.7 Å². The maximum Gasteiger partial charge on any atom is 0.0455 e. The second-order valence-corrected chi connectivity index (χ2v) is 6.36. The molecular weight excluding hydrogens is 318 g/mol. The lowest BCUT2D eigenvalue weighted by molar-refractivity contribution is 0.610. The van der Waals surface area contributed by atoms with Crippen molar-refractivity contribution >= 4 is 33.4 Å². The van der Waals surface area contributed by atoms with Crippen LogP contribution in [-0.4, -0.2) is 0 Å². The van der Waals surface area contributed by atoms with Gasteiger partial charge in [0.1, 0.15) is 0 Å². The highest BCUT2D eigenvalue weighted by molar-refractivity contribution is 9.11. The van der Waals surface area contributed by atoms with Gasteiger partial charge < -0.3 is 5.73 Å². The van der Waals surface area contributed by atoms with E-state index in [1.807, 2.05) is 23.2 Å². The summed E-state index contributed by atoms with van der Waals surface area (Å²) in [6.45, 7) is 2.26. The molecule has 0 heterocycles. The number of thioether (sulfide) groups is 1. The Morgan fingerprint density at radius 2 is 1.84 bits per heavy atom. The average Bonchev–Trinajstić information content (AvgIpc) is 2.43. The van der Waals surface area contributed by atoms with E-state index in [2.05, 4.69) is 28.9 Å². The Morgan fingerprint density at radius 1 is 1.16 bits per heavy atom. The highest BCUT2D eigenvalue weighted by Gasteiger charge is 2.03. The van der Waals surface area contributed by atoms with E-state index >= 15 is 0 Å². The van der Waals surface area contributed by atoms with Crippen LogP contribution in [0.4, 0.5) is 5.69 Å². The Hall–Kier alpha value is -0.410. The van der Waals surface area contributed by atoms with Gasteiger partial charge in [-0.15, -0.1) is 0 Å². The molecule has 0 amide bonds. The van der Waals surface area contributed by atoms with Gasteiger partial charge in [-0.25, -0.2) is 0 Å². The smallest absolute Gasteiger partial charge is 0.0455 e. The first-order valence-corrected chi connectivity index (χ1v) is 8.82. The number of halogens is 1. The first-order valence-electron chi connectivity index (χ1n) is 7.09. The number of allylic oxidation sites excluding steroid dienone is 1. The van der Waals surface area contributed by atoms with Crippen molar-refractivity contribution in [1.82, 2.24) is 0 Å². The fourth-order valence-corrected chi connectivity index (χ4v) is 3.34. The summed E-state index contributed by atoms with van der Waals surface area (Å²) in [6.07, 6.45) is 9.16. The van der Waals surface area contributed by atoms with Gasteiger partial charge in [0.15, 0.2) is 0 Å². The topological polar surface area (TPSA) is 26.0 Å². The third-order valence-electron chi connectivity index (χ3n) is 3.06. The van der Waals surface area contributed by atoms with E-state index in [1.54, 1.807) is 11.8 Å². The molecule has 106 valence electrons. The Kier molecular flexibility index (Phi) is 9.10. The van der Waals surface area contributed by atoms with Crippen LogP contribution in [0, 0.1) is 0 Å². The second-order valence-electron chi connectivity index (χ2n) is 4.73. The summed E-state index contributed by atoms with van der Waals surface area (Å²) in [5, 5.41) is 0. The van der Waals surface area contributed by atoms with Crippen molar-refractivity contribution in [3.8, 4) is 0 Å². The largest absolute Gasteiger partial charge is 0.398 e. The van der Waals surface area contributed by atoms with Crippen LogP contribution in [0.1, 0.15) is 51.9 Å². The molecule has 0 aromatic heterocycles. The summed E-state index contributed by atoms with van der Waals surface area (Å²) in [7, 11) is 0. The lowest BCUT2D eigenvalue weighted by atomic mass is 10.1. The first kappa shape index (κ1) is 16.6. The van der Waals surface area contributed by atoms with Gasteiger partial charge in [0.25, 0.3) is 0 Å². The molecule has 0 saturated carbocycles. The van der Waals surface area contributed by atoms with E-state index in [9.17, 15) is 0 Å². The van der Waals surface area contributed by atoms with Crippen molar-refractivity contribution in [1.29, 1.82) is 0 Å². The van der Waals surface area contributed by atoms with Gasteiger partial charge >= 0.3 is 0 Å². The number of anilines is 1.